The third kappa shape index (κ3) is 2.34. The molecule has 1 N–H and O–H groups in total. The van der Waals surface area contributed by atoms with Crippen LogP contribution in [0.25, 0.3) is 10.8 Å². The average Bonchev–Trinajstić information content (AvgIpc) is 2.28. The Kier molecular flexibility index (Phi) is 2.84. The van der Waals surface area contributed by atoms with Gasteiger partial charge in [0.15, 0.2) is 0 Å². The molecule has 0 amide bonds. The topological polar surface area (TPSA) is 29.5 Å². The SMILES string of the molecule is CC(C)(CO)Oc1ccc2ccccc2c1. The fraction of sp³-hybridized carbons (Fsp3) is 0.286. The van der Waals surface area contributed by atoms with E-state index in [4.69, 9.17) is 9.84 Å². The minimum absolute atomic E-state index is 0.000172. The van der Waals surface area contributed by atoms with Crippen molar-refractivity contribution in [1.82, 2.24) is 0 Å². The van der Waals surface area contributed by atoms with E-state index in [1.165, 1.54) is 5.39 Å². The molecule has 2 aromatic carbocycles. The standard InChI is InChI=1S/C14H16O2/c1-14(2,10-15)16-13-8-7-11-5-3-4-6-12(11)9-13/h3-9,15H,10H2,1-2H3. The van der Waals surface area contributed by atoms with Gasteiger partial charge in [0, 0.05) is 0 Å². The molecule has 2 aromatic rings. The molecule has 0 heterocycles. The van der Waals surface area contributed by atoms with E-state index in [9.17, 15) is 0 Å². The van der Waals surface area contributed by atoms with Gasteiger partial charge >= 0.3 is 0 Å². The van der Waals surface area contributed by atoms with E-state index in [0.29, 0.717) is 0 Å². The molecule has 84 valence electrons. The molecular formula is C14H16O2. The van der Waals surface area contributed by atoms with E-state index in [0.717, 1.165) is 11.1 Å². The summed E-state index contributed by atoms with van der Waals surface area (Å²) >= 11 is 0. The summed E-state index contributed by atoms with van der Waals surface area (Å²) in [7, 11) is 0. The van der Waals surface area contributed by atoms with Gasteiger partial charge in [-0.2, -0.15) is 0 Å². The average molecular weight is 216 g/mol. The predicted molar refractivity (Wildman–Crippen MR) is 65.7 cm³/mol. The van der Waals surface area contributed by atoms with Crippen LogP contribution in [0, 0.1) is 0 Å². The Morgan fingerprint density at radius 2 is 1.75 bits per heavy atom. The predicted octanol–water partition coefficient (Wildman–Crippen LogP) is 2.99. The summed E-state index contributed by atoms with van der Waals surface area (Å²) in [5.41, 5.74) is -0.539. The zero-order valence-corrected chi connectivity index (χ0v) is 9.60. The number of hydrogen-bond donors (Lipinski definition) is 1. The molecule has 0 aliphatic carbocycles. The fourth-order valence-corrected chi connectivity index (χ4v) is 1.58. The molecule has 2 rings (SSSR count). The zero-order valence-electron chi connectivity index (χ0n) is 9.60. The molecular weight excluding hydrogens is 200 g/mol. The molecule has 0 aromatic heterocycles. The maximum atomic E-state index is 9.14. The van der Waals surface area contributed by atoms with Crippen molar-refractivity contribution in [3.8, 4) is 5.75 Å². The van der Waals surface area contributed by atoms with Crippen molar-refractivity contribution in [2.24, 2.45) is 0 Å². The second-order valence-corrected chi connectivity index (χ2v) is 4.53. The van der Waals surface area contributed by atoms with Crippen LogP contribution in [-0.4, -0.2) is 17.3 Å². The fourth-order valence-electron chi connectivity index (χ4n) is 1.58. The van der Waals surface area contributed by atoms with Crippen molar-refractivity contribution < 1.29 is 9.84 Å². The normalized spacial score (nSPS) is 11.7. The molecule has 0 saturated heterocycles. The summed E-state index contributed by atoms with van der Waals surface area (Å²) in [5, 5.41) is 11.5. The number of rotatable bonds is 3. The van der Waals surface area contributed by atoms with Crippen molar-refractivity contribution >= 4 is 10.8 Å². The Morgan fingerprint density at radius 3 is 2.44 bits per heavy atom. The van der Waals surface area contributed by atoms with E-state index in [2.05, 4.69) is 6.07 Å². The molecule has 0 atom stereocenters. The van der Waals surface area contributed by atoms with Gasteiger partial charge in [-0.15, -0.1) is 0 Å². The minimum atomic E-state index is -0.539. The van der Waals surface area contributed by atoms with Gasteiger partial charge in [-0.1, -0.05) is 30.3 Å². The first-order valence-corrected chi connectivity index (χ1v) is 5.39. The first-order chi connectivity index (χ1) is 7.61. The highest BCUT2D eigenvalue weighted by Gasteiger charge is 2.18. The van der Waals surface area contributed by atoms with Crippen LogP contribution < -0.4 is 4.74 Å². The lowest BCUT2D eigenvalue weighted by Crippen LogP contribution is -2.32. The summed E-state index contributed by atoms with van der Waals surface area (Å²) in [6.07, 6.45) is 0. The van der Waals surface area contributed by atoms with Gasteiger partial charge in [-0.25, -0.2) is 0 Å². The summed E-state index contributed by atoms with van der Waals surface area (Å²) in [6, 6.07) is 14.1. The van der Waals surface area contributed by atoms with Crippen LogP contribution in [0.4, 0.5) is 0 Å². The van der Waals surface area contributed by atoms with Gasteiger partial charge < -0.3 is 9.84 Å². The lowest BCUT2D eigenvalue weighted by atomic mass is 10.1. The second kappa shape index (κ2) is 4.14. The Bertz CT molecular complexity index is 489. The maximum absolute atomic E-state index is 9.14. The summed E-state index contributed by atoms with van der Waals surface area (Å²) in [6.45, 7) is 3.73. The van der Waals surface area contributed by atoms with E-state index in [-0.39, 0.29) is 6.61 Å². The monoisotopic (exact) mass is 216 g/mol. The molecule has 0 spiro atoms. The third-order valence-electron chi connectivity index (χ3n) is 2.50. The molecule has 2 heteroatoms. The summed E-state index contributed by atoms with van der Waals surface area (Å²) < 4.78 is 5.71. The van der Waals surface area contributed by atoms with E-state index < -0.39 is 5.60 Å². The Balaban J connectivity index is 2.33. The van der Waals surface area contributed by atoms with Crippen molar-refractivity contribution in [2.45, 2.75) is 19.4 Å². The Labute approximate surface area is 95.5 Å². The number of hydrogen-bond acceptors (Lipinski definition) is 2. The maximum Gasteiger partial charge on any atom is 0.126 e. The van der Waals surface area contributed by atoms with Gasteiger partial charge in [0.25, 0.3) is 0 Å². The van der Waals surface area contributed by atoms with Crippen molar-refractivity contribution in [3.05, 3.63) is 42.5 Å². The van der Waals surface area contributed by atoms with Gasteiger partial charge in [0.2, 0.25) is 0 Å². The smallest absolute Gasteiger partial charge is 0.126 e. The van der Waals surface area contributed by atoms with E-state index in [1.54, 1.807) is 0 Å². The number of fused-ring (bicyclic) bond motifs is 1. The molecule has 0 unspecified atom stereocenters. The van der Waals surface area contributed by atoms with Crippen molar-refractivity contribution in [2.75, 3.05) is 6.61 Å². The largest absolute Gasteiger partial charge is 0.485 e. The first kappa shape index (κ1) is 11.0. The van der Waals surface area contributed by atoms with Crippen LogP contribution in [0.1, 0.15) is 13.8 Å². The second-order valence-electron chi connectivity index (χ2n) is 4.53. The Hall–Kier alpha value is -1.54. The van der Waals surface area contributed by atoms with Gasteiger partial charge in [-0.3, -0.25) is 0 Å². The van der Waals surface area contributed by atoms with Crippen molar-refractivity contribution in [1.29, 1.82) is 0 Å². The van der Waals surface area contributed by atoms with Crippen LogP contribution >= 0.6 is 0 Å². The summed E-state index contributed by atoms with van der Waals surface area (Å²) in [5.74, 6) is 0.790. The van der Waals surface area contributed by atoms with Crippen LogP contribution in [0.3, 0.4) is 0 Å². The van der Waals surface area contributed by atoms with Crippen LogP contribution in [0.2, 0.25) is 0 Å². The first-order valence-electron chi connectivity index (χ1n) is 5.39. The lowest BCUT2D eigenvalue weighted by Gasteiger charge is -2.24. The van der Waals surface area contributed by atoms with Crippen molar-refractivity contribution in [3.63, 3.8) is 0 Å². The van der Waals surface area contributed by atoms with Gasteiger partial charge in [0.1, 0.15) is 11.4 Å². The van der Waals surface area contributed by atoms with Gasteiger partial charge in [0.05, 0.1) is 6.61 Å². The number of ether oxygens (including phenoxy) is 1. The van der Waals surface area contributed by atoms with E-state index in [1.807, 2.05) is 50.2 Å². The number of benzene rings is 2. The molecule has 0 radical (unpaired) electrons. The lowest BCUT2D eigenvalue weighted by molar-refractivity contribution is 0.0414. The molecule has 0 aliphatic heterocycles. The summed E-state index contributed by atoms with van der Waals surface area (Å²) in [4.78, 5) is 0. The quantitative estimate of drug-likeness (QED) is 0.854. The molecule has 0 aliphatic rings. The highest BCUT2D eigenvalue weighted by Crippen LogP contribution is 2.23. The zero-order chi connectivity index (χ0) is 11.6. The molecule has 2 nitrogen and oxygen atoms in total. The molecule has 16 heavy (non-hydrogen) atoms. The highest BCUT2D eigenvalue weighted by atomic mass is 16.5. The third-order valence-corrected chi connectivity index (χ3v) is 2.50. The minimum Gasteiger partial charge on any atom is -0.485 e. The number of aliphatic hydroxyl groups is 1. The Morgan fingerprint density at radius 1 is 1.06 bits per heavy atom. The van der Waals surface area contributed by atoms with Gasteiger partial charge in [-0.05, 0) is 36.8 Å². The van der Waals surface area contributed by atoms with Crippen LogP contribution in [-0.2, 0) is 0 Å². The number of aliphatic hydroxyl groups excluding tert-OH is 1. The molecule has 0 bridgehead atoms. The molecule has 0 fully saturated rings. The van der Waals surface area contributed by atoms with Crippen LogP contribution in [0.15, 0.2) is 42.5 Å². The van der Waals surface area contributed by atoms with E-state index >= 15 is 0 Å². The van der Waals surface area contributed by atoms with Crippen LogP contribution in [0.5, 0.6) is 5.75 Å². The highest BCUT2D eigenvalue weighted by molar-refractivity contribution is 5.83. The molecule has 0 saturated carbocycles.